The van der Waals surface area contributed by atoms with Gasteiger partial charge in [0.15, 0.2) is 5.96 Å². The van der Waals surface area contributed by atoms with Crippen molar-refractivity contribution < 1.29 is 4.21 Å². The minimum Gasteiger partial charge on any atom is -0.355 e. The lowest BCUT2D eigenvalue weighted by molar-refractivity contribution is 0.479. The summed E-state index contributed by atoms with van der Waals surface area (Å²) in [5, 5.41) is 3.30. The van der Waals surface area contributed by atoms with E-state index in [0.717, 1.165) is 18.1 Å². The molecule has 0 bridgehead atoms. The van der Waals surface area contributed by atoms with Crippen LogP contribution in [0.3, 0.4) is 0 Å². The number of aryl methyl sites for hydroxylation is 1. The molecule has 0 aliphatic carbocycles. The summed E-state index contributed by atoms with van der Waals surface area (Å²) >= 11 is 0. The first kappa shape index (κ1) is 22.6. The maximum Gasteiger partial charge on any atom is 0.193 e. The molecule has 142 valence electrons. The van der Waals surface area contributed by atoms with Crippen molar-refractivity contribution in [1.82, 2.24) is 10.2 Å². The van der Waals surface area contributed by atoms with Gasteiger partial charge in [0, 0.05) is 49.5 Å². The molecule has 0 aliphatic rings. The number of guanidine groups is 1. The van der Waals surface area contributed by atoms with Crippen molar-refractivity contribution >= 4 is 40.7 Å². The third-order valence-corrected chi connectivity index (χ3v) is 5.21. The predicted molar refractivity (Wildman–Crippen MR) is 123 cm³/mol. The fraction of sp³-hybridized carbons (Fsp3) is 0.350. The van der Waals surface area contributed by atoms with Crippen LogP contribution in [0.1, 0.15) is 16.7 Å². The molecular weight excluding hydrogens is 457 g/mol. The number of hydrogen-bond acceptors (Lipinski definition) is 2. The zero-order chi connectivity index (χ0) is 18.1. The van der Waals surface area contributed by atoms with E-state index in [-0.39, 0.29) is 24.0 Å². The molecule has 0 saturated carbocycles. The van der Waals surface area contributed by atoms with Crippen LogP contribution < -0.4 is 5.32 Å². The summed E-state index contributed by atoms with van der Waals surface area (Å²) in [6, 6.07) is 18.5. The quantitative estimate of drug-likeness (QED) is 0.371. The van der Waals surface area contributed by atoms with Crippen LogP contribution in [0.25, 0.3) is 0 Å². The topological polar surface area (TPSA) is 44.7 Å². The third kappa shape index (κ3) is 7.86. The second kappa shape index (κ2) is 12.1. The monoisotopic (exact) mass is 485 g/mol. The van der Waals surface area contributed by atoms with E-state index in [0.29, 0.717) is 18.1 Å². The molecule has 0 aliphatic heterocycles. The van der Waals surface area contributed by atoms with Crippen LogP contribution in [0.15, 0.2) is 59.6 Å². The Hall–Kier alpha value is -1.41. The molecule has 2 aromatic rings. The minimum absolute atomic E-state index is 0. The lowest BCUT2D eigenvalue weighted by Crippen LogP contribution is -2.40. The number of hydrogen-bond donors (Lipinski definition) is 1. The van der Waals surface area contributed by atoms with Gasteiger partial charge in [-0.05, 0) is 18.1 Å². The number of nitrogens with one attached hydrogen (secondary N) is 1. The highest BCUT2D eigenvalue weighted by atomic mass is 127. The summed E-state index contributed by atoms with van der Waals surface area (Å²) in [5.74, 6) is 2.02. The Labute approximate surface area is 176 Å². The smallest absolute Gasteiger partial charge is 0.193 e. The minimum atomic E-state index is -0.879. The highest BCUT2D eigenvalue weighted by Gasteiger charge is 2.07. The number of benzene rings is 2. The van der Waals surface area contributed by atoms with E-state index in [4.69, 9.17) is 0 Å². The Balaban J connectivity index is 0.00000338. The van der Waals surface area contributed by atoms with Crippen molar-refractivity contribution in [3.8, 4) is 0 Å². The molecule has 2 aromatic carbocycles. The van der Waals surface area contributed by atoms with Crippen molar-refractivity contribution in [1.29, 1.82) is 0 Å². The van der Waals surface area contributed by atoms with Gasteiger partial charge in [0.1, 0.15) is 0 Å². The first-order chi connectivity index (χ1) is 12.1. The van der Waals surface area contributed by atoms with E-state index in [9.17, 15) is 4.21 Å². The van der Waals surface area contributed by atoms with Crippen LogP contribution in [0.4, 0.5) is 0 Å². The molecule has 1 unspecified atom stereocenters. The molecule has 2 rings (SSSR count). The maximum atomic E-state index is 12.2. The zero-order valence-corrected chi connectivity index (χ0v) is 18.8. The molecule has 26 heavy (non-hydrogen) atoms. The maximum absolute atomic E-state index is 12.2. The lowest BCUT2D eigenvalue weighted by Gasteiger charge is -2.22. The molecule has 0 heterocycles. The van der Waals surface area contributed by atoms with Gasteiger partial charge < -0.3 is 10.2 Å². The van der Waals surface area contributed by atoms with Crippen LogP contribution in [-0.2, 0) is 23.1 Å². The molecule has 0 saturated heterocycles. The van der Waals surface area contributed by atoms with Crippen molar-refractivity contribution in [3.05, 3.63) is 71.3 Å². The van der Waals surface area contributed by atoms with Crippen LogP contribution in [0, 0.1) is 6.92 Å². The Bertz CT molecular complexity index is 705. The van der Waals surface area contributed by atoms with E-state index in [1.54, 1.807) is 7.05 Å². The van der Waals surface area contributed by atoms with E-state index in [1.165, 1.54) is 11.1 Å². The molecule has 0 fully saturated rings. The Morgan fingerprint density at radius 1 is 1.08 bits per heavy atom. The number of halogens is 1. The molecular formula is C20H28IN3OS. The molecule has 0 amide bonds. The van der Waals surface area contributed by atoms with Gasteiger partial charge in [-0.25, -0.2) is 0 Å². The third-order valence-electron chi connectivity index (χ3n) is 3.90. The lowest BCUT2D eigenvalue weighted by atomic mass is 10.1. The second-order valence-electron chi connectivity index (χ2n) is 6.09. The summed E-state index contributed by atoms with van der Waals surface area (Å²) in [5.41, 5.74) is 3.61. The Morgan fingerprint density at radius 3 is 2.35 bits per heavy atom. The first-order valence-electron chi connectivity index (χ1n) is 8.44. The number of rotatable bonds is 7. The molecule has 0 spiro atoms. The molecule has 4 nitrogen and oxygen atoms in total. The normalized spacial score (nSPS) is 12.2. The molecule has 0 radical (unpaired) electrons. The van der Waals surface area contributed by atoms with Gasteiger partial charge in [-0.15, -0.1) is 24.0 Å². The molecule has 0 aromatic heterocycles. The first-order valence-corrected chi connectivity index (χ1v) is 9.93. The molecule has 6 heteroatoms. The second-order valence-corrected chi connectivity index (χ2v) is 7.67. The van der Waals surface area contributed by atoms with Crippen LogP contribution >= 0.6 is 24.0 Å². The van der Waals surface area contributed by atoms with E-state index >= 15 is 0 Å². The summed E-state index contributed by atoms with van der Waals surface area (Å²) in [6.45, 7) is 3.51. The van der Waals surface area contributed by atoms with Gasteiger partial charge in [0.25, 0.3) is 0 Å². The largest absolute Gasteiger partial charge is 0.355 e. The van der Waals surface area contributed by atoms with Crippen LogP contribution in [0.2, 0.25) is 0 Å². The molecule has 1 N–H and O–H groups in total. The van der Waals surface area contributed by atoms with E-state index in [2.05, 4.69) is 46.4 Å². The summed E-state index contributed by atoms with van der Waals surface area (Å²) in [4.78, 5) is 6.39. The standard InChI is InChI=1S/C20H27N3OS.HI/c1-17-9-11-18(12-10-17)15-23(3)20(21-2)22-13-14-25(24)16-19-7-5-4-6-8-19;/h4-12H,13-16H2,1-3H3,(H,21,22);1H. The van der Waals surface area contributed by atoms with Gasteiger partial charge in [-0.2, -0.15) is 0 Å². The van der Waals surface area contributed by atoms with Gasteiger partial charge >= 0.3 is 0 Å². The summed E-state index contributed by atoms with van der Waals surface area (Å²) in [7, 11) is 2.90. The van der Waals surface area contributed by atoms with Gasteiger partial charge in [-0.1, -0.05) is 60.2 Å². The average Bonchev–Trinajstić information content (AvgIpc) is 2.61. The van der Waals surface area contributed by atoms with Crippen molar-refractivity contribution in [2.45, 2.75) is 19.2 Å². The number of nitrogens with zero attached hydrogens (tertiary/aromatic N) is 2. The average molecular weight is 485 g/mol. The SMILES string of the molecule is CN=C(NCCS(=O)Cc1ccccc1)N(C)Cc1ccc(C)cc1.I. The van der Waals surface area contributed by atoms with Crippen LogP contribution in [0.5, 0.6) is 0 Å². The Kier molecular flexibility index (Phi) is 10.5. The van der Waals surface area contributed by atoms with Gasteiger partial charge in [0.2, 0.25) is 0 Å². The number of aliphatic imine (C=N–C) groups is 1. The van der Waals surface area contributed by atoms with Crippen LogP contribution in [-0.4, -0.2) is 41.5 Å². The predicted octanol–water partition coefficient (Wildman–Crippen LogP) is 3.57. The van der Waals surface area contributed by atoms with E-state index in [1.807, 2.05) is 37.4 Å². The zero-order valence-electron chi connectivity index (χ0n) is 15.6. The van der Waals surface area contributed by atoms with E-state index < -0.39 is 10.8 Å². The van der Waals surface area contributed by atoms with Crippen molar-refractivity contribution in [2.24, 2.45) is 4.99 Å². The highest BCUT2D eigenvalue weighted by Crippen LogP contribution is 2.06. The fourth-order valence-electron chi connectivity index (χ4n) is 2.54. The Morgan fingerprint density at radius 2 is 1.73 bits per heavy atom. The summed E-state index contributed by atoms with van der Waals surface area (Å²) in [6.07, 6.45) is 0. The van der Waals surface area contributed by atoms with Gasteiger partial charge in [0.05, 0.1) is 0 Å². The fourth-order valence-corrected chi connectivity index (χ4v) is 3.57. The van der Waals surface area contributed by atoms with Gasteiger partial charge in [-0.3, -0.25) is 9.20 Å². The summed E-state index contributed by atoms with van der Waals surface area (Å²) < 4.78 is 12.2. The van der Waals surface area contributed by atoms with Crippen molar-refractivity contribution in [2.75, 3.05) is 26.4 Å². The highest BCUT2D eigenvalue weighted by molar-refractivity contribution is 14.0. The van der Waals surface area contributed by atoms with Crippen molar-refractivity contribution in [3.63, 3.8) is 0 Å². The molecule has 1 atom stereocenters.